The fraction of sp³-hybridized carbons (Fsp3) is 0.385. The second kappa shape index (κ2) is 10.4. The zero-order valence-corrected chi connectivity index (χ0v) is 23.0. The van der Waals surface area contributed by atoms with Crippen LogP contribution in [0.1, 0.15) is 12.8 Å². The Morgan fingerprint density at radius 1 is 0.686 bits per heavy atom. The van der Waals surface area contributed by atoms with E-state index in [9.17, 15) is 9.59 Å². The van der Waals surface area contributed by atoms with E-state index in [2.05, 4.69) is 36.2 Å². The van der Waals surface area contributed by atoms with Gasteiger partial charge in [0.05, 0.1) is 34.5 Å². The summed E-state index contributed by atoms with van der Waals surface area (Å²) in [4.78, 5) is 34.3. The van der Waals surface area contributed by atoms with Crippen molar-refractivity contribution < 1.29 is 4.12 Å². The molecule has 0 radical (unpaired) electrons. The number of aromatic nitrogens is 4. The lowest BCUT2D eigenvalue weighted by Gasteiger charge is -2.34. The first kappa shape index (κ1) is 25.2. The second-order valence-corrected chi connectivity index (χ2v) is 19.2. The van der Waals surface area contributed by atoms with Crippen molar-refractivity contribution in [1.29, 1.82) is 0 Å². The van der Waals surface area contributed by atoms with Crippen LogP contribution in [0.15, 0.2) is 70.8 Å². The predicted octanol–water partition coefficient (Wildman–Crippen LogP) is 5.01. The van der Waals surface area contributed by atoms with Crippen LogP contribution in [-0.2, 0) is 17.2 Å². The monoisotopic (exact) mass is 506 g/mol. The van der Waals surface area contributed by atoms with Gasteiger partial charge in [-0.3, -0.25) is 18.7 Å². The molecule has 0 N–H and O–H groups in total. The second-order valence-electron chi connectivity index (χ2n) is 10.3. The van der Waals surface area contributed by atoms with E-state index < -0.39 is 16.6 Å². The van der Waals surface area contributed by atoms with E-state index in [1.54, 1.807) is 21.8 Å². The van der Waals surface area contributed by atoms with Gasteiger partial charge in [-0.05, 0) is 75.4 Å². The fourth-order valence-corrected chi connectivity index (χ4v) is 13.6. The van der Waals surface area contributed by atoms with Crippen LogP contribution >= 0.6 is 0 Å². The summed E-state index contributed by atoms with van der Waals surface area (Å²) in [6, 6.07) is 16.9. The van der Waals surface area contributed by atoms with Gasteiger partial charge in [0.2, 0.25) is 0 Å². The number of hydrogen-bond donors (Lipinski definition) is 0. The quantitative estimate of drug-likeness (QED) is 0.282. The zero-order chi connectivity index (χ0) is 25.1. The first-order valence-corrected chi connectivity index (χ1v) is 18.5. The maximum atomic E-state index is 12.7. The highest BCUT2D eigenvalue weighted by atomic mass is 28.4. The molecule has 0 saturated heterocycles. The van der Waals surface area contributed by atoms with Crippen LogP contribution in [0.3, 0.4) is 0 Å². The highest BCUT2D eigenvalue weighted by Gasteiger charge is 2.32. The summed E-state index contributed by atoms with van der Waals surface area (Å²) in [6.45, 7) is 10.4. The lowest BCUT2D eigenvalue weighted by Crippen LogP contribution is -2.44. The van der Waals surface area contributed by atoms with Gasteiger partial charge >= 0.3 is 0 Å². The molecule has 0 amide bonds. The summed E-state index contributed by atoms with van der Waals surface area (Å²) < 4.78 is 10.2. The van der Waals surface area contributed by atoms with Crippen LogP contribution < -0.4 is 11.1 Å². The summed E-state index contributed by atoms with van der Waals surface area (Å²) in [5.74, 6) is 0. The van der Waals surface area contributed by atoms with Gasteiger partial charge in [-0.2, -0.15) is 0 Å². The first-order chi connectivity index (χ1) is 16.7. The fourth-order valence-electron chi connectivity index (χ4n) is 4.73. The van der Waals surface area contributed by atoms with Crippen molar-refractivity contribution in [1.82, 2.24) is 19.1 Å². The van der Waals surface area contributed by atoms with E-state index in [1.165, 1.54) is 0 Å². The molecule has 4 aromatic rings. The van der Waals surface area contributed by atoms with Crippen LogP contribution in [0.25, 0.3) is 21.8 Å². The molecule has 0 aliphatic rings. The Kier molecular flexibility index (Phi) is 7.48. The average molecular weight is 507 g/mol. The summed E-state index contributed by atoms with van der Waals surface area (Å²) in [7, 11) is -3.79. The van der Waals surface area contributed by atoms with E-state index in [0.29, 0.717) is 23.9 Å². The van der Waals surface area contributed by atoms with Crippen LogP contribution in [0.5, 0.6) is 0 Å². The molecule has 0 spiro atoms. The van der Waals surface area contributed by atoms with Gasteiger partial charge < -0.3 is 4.12 Å². The van der Waals surface area contributed by atoms with Crippen molar-refractivity contribution in [2.24, 2.45) is 0 Å². The van der Waals surface area contributed by atoms with Gasteiger partial charge in [0.15, 0.2) is 16.6 Å². The van der Waals surface area contributed by atoms with Crippen molar-refractivity contribution in [3.63, 3.8) is 0 Å². The number of aryl methyl sites for hydroxylation is 2. The molecule has 0 unspecified atom stereocenters. The Morgan fingerprint density at radius 3 is 1.51 bits per heavy atom. The molecule has 4 rings (SSSR count). The van der Waals surface area contributed by atoms with Crippen molar-refractivity contribution in [3.05, 3.63) is 81.9 Å². The smallest absolute Gasteiger partial charge is 0.261 e. The van der Waals surface area contributed by atoms with Crippen LogP contribution in [0, 0.1) is 0 Å². The highest BCUT2D eigenvalue weighted by Crippen LogP contribution is 2.24. The lowest BCUT2D eigenvalue weighted by molar-refractivity contribution is 0.516. The number of rotatable bonds is 10. The molecule has 0 aliphatic heterocycles. The standard InChI is InChI=1S/C26H34N4O3Si2/c1-34(2,17-9-15-29-19-27-23-13-7-5-11-21(23)25(29)31)33-35(3,4)18-10-16-30-20-28-24-14-8-6-12-22(24)26(30)32/h5-8,11-14,19-20H,9-10,15-18H2,1-4H3. The van der Waals surface area contributed by atoms with E-state index in [4.69, 9.17) is 4.12 Å². The molecule has 2 aromatic heterocycles. The number of fused-ring (bicyclic) bond motifs is 2. The summed E-state index contributed by atoms with van der Waals surface area (Å²) in [5, 5.41) is 1.33. The summed E-state index contributed by atoms with van der Waals surface area (Å²) in [6.07, 6.45) is 5.09. The average Bonchev–Trinajstić information content (AvgIpc) is 2.81. The van der Waals surface area contributed by atoms with Gasteiger partial charge in [-0.25, -0.2) is 9.97 Å². The molecule has 0 saturated carbocycles. The normalized spacial score (nSPS) is 12.5. The Morgan fingerprint density at radius 2 is 1.09 bits per heavy atom. The maximum Gasteiger partial charge on any atom is 0.261 e. The largest absolute Gasteiger partial charge is 0.455 e. The Balaban J connectivity index is 1.30. The molecule has 0 bridgehead atoms. The topological polar surface area (TPSA) is 79.0 Å². The maximum absolute atomic E-state index is 12.7. The molecule has 0 atom stereocenters. The van der Waals surface area contributed by atoms with Gasteiger partial charge in [0.1, 0.15) is 0 Å². The van der Waals surface area contributed by atoms with Gasteiger partial charge in [-0.15, -0.1) is 0 Å². The van der Waals surface area contributed by atoms with E-state index in [1.807, 2.05) is 48.5 Å². The Bertz CT molecular complexity index is 1340. The lowest BCUT2D eigenvalue weighted by atomic mass is 10.2. The molecule has 35 heavy (non-hydrogen) atoms. The Hall–Kier alpha value is -2.89. The number of nitrogens with zero attached hydrogens (tertiary/aromatic N) is 4. The number of hydrogen-bond acceptors (Lipinski definition) is 5. The summed E-state index contributed by atoms with van der Waals surface area (Å²) >= 11 is 0. The minimum absolute atomic E-state index is 0.0177. The van der Waals surface area contributed by atoms with Crippen molar-refractivity contribution in [2.45, 2.75) is 64.2 Å². The van der Waals surface area contributed by atoms with E-state index >= 15 is 0 Å². The minimum Gasteiger partial charge on any atom is -0.455 e. The molecule has 2 heterocycles. The third kappa shape index (κ3) is 6.22. The SMILES string of the molecule is C[Si](C)(CCCn1cnc2ccccc2c1=O)O[Si](C)(C)CCCn1cnc2ccccc2c1=O. The van der Waals surface area contributed by atoms with Gasteiger partial charge in [0, 0.05) is 13.1 Å². The Labute approximate surface area is 207 Å². The molecular weight excluding hydrogens is 472 g/mol. The van der Waals surface area contributed by atoms with Crippen molar-refractivity contribution in [3.8, 4) is 0 Å². The summed E-state index contributed by atoms with van der Waals surface area (Å²) in [5.41, 5.74) is 1.51. The minimum atomic E-state index is -1.90. The van der Waals surface area contributed by atoms with Gasteiger partial charge in [-0.1, -0.05) is 24.3 Å². The molecule has 7 nitrogen and oxygen atoms in total. The van der Waals surface area contributed by atoms with E-state index in [-0.39, 0.29) is 11.1 Å². The van der Waals surface area contributed by atoms with Gasteiger partial charge in [0.25, 0.3) is 11.1 Å². The molecular formula is C26H34N4O3Si2. The molecule has 0 aliphatic carbocycles. The third-order valence-electron chi connectivity index (χ3n) is 6.37. The van der Waals surface area contributed by atoms with Crippen LogP contribution in [0.4, 0.5) is 0 Å². The van der Waals surface area contributed by atoms with E-state index in [0.717, 1.165) is 36.0 Å². The number of para-hydroxylation sites is 2. The first-order valence-electron chi connectivity index (χ1n) is 12.2. The van der Waals surface area contributed by atoms with Crippen molar-refractivity contribution in [2.75, 3.05) is 0 Å². The highest BCUT2D eigenvalue weighted by molar-refractivity contribution is 6.84. The molecule has 184 valence electrons. The van der Waals surface area contributed by atoms with Crippen molar-refractivity contribution >= 4 is 38.4 Å². The molecule has 9 heteroatoms. The predicted molar refractivity (Wildman–Crippen MR) is 147 cm³/mol. The van der Waals surface area contributed by atoms with Crippen LogP contribution in [0.2, 0.25) is 38.3 Å². The molecule has 2 aromatic carbocycles. The third-order valence-corrected chi connectivity index (χ3v) is 13.9. The number of benzene rings is 2. The zero-order valence-electron chi connectivity index (χ0n) is 21.0. The van der Waals surface area contributed by atoms with Crippen LogP contribution in [-0.4, -0.2) is 35.7 Å². The molecule has 0 fully saturated rings.